The van der Waals surface area contributed by atoms with Crippen LogP contribution in [0.3, 0.4) is 0 Å². The van der Waals surface area contributed by atoms with Crippen molar-refractivity contribution in [2.75, 3.05) is 19.6 Å². The molecule has 2 rings (SSSR count). The minimum absolute atomic E-state index is 0.0889. The number of hydrogen-bond acceptors (Lipinski definition) is 4. The lowest BCUT2D eigenvalue weighted by atomic mass is 10.1. The molecular formula is C22H35N3O3. The van der Waals surface area contributed by atoms with E-state index in [0.29, 0.717) is 6.54 Å². The summed E-state index contributed by atoms with van der Waals surface area (Å²) in [4.78, 5) is 26.1. The van der Waals surface area contributed by atoms with Crippen LogP contribution >= 0.6 is 0 Å². The Balaban J connectivity index is 1.70. The zero-order valence-corrected chi connectivity index (χ0v) is 17.6. The van der Waals surface area contributed by atoms with E-state index in [2.05, 4.69) is 33.7 Å². The number of amides is 2. The van der Waals surface area contributed by atoms with Gasteiger partial charge < -0.3 is 15.4 Å². The van der Waals surface area contributed by atoms with Gasteiger partial charge in [0, 0.05) is 26.1 Å². The Labute approximate surface area is 169 Å². The lowest BCUT2D eigenvalue weighted by Gasteiger charge is -2.20. The molecule has 1 saturated heterocycles. The van der Waals surface area contributed by atoms with Crippen molar-refractivity contribution in [3.63, 3.8) is 0 Å². The van der Waals surface area contributed by atoms with Crippen LogP contribution in [0.15, 0.2) is 24.3 Å². The molecule has 6 heteroatoms. The number of carbonyl (C=O) groups excluding carboxylic acids is 2. The van der Waals surface area contributed by atoms with Gasteiger partial charge in [-0.25, -0.2) is 4.79 Å². The topological polar surface area (TPSA) is 70.7 Å². The normalized spacial score (nSPS) is 15.5. The monoisotopic (exact) mass is 389 g/mol. The average Bonchev–Trinajstić information content (AvgIpc) is 2.87. The first-order valence-electron chi connectivity index (χ1n) is 10.4. The fourth-order valence-electron chi connectivity index (χ4n) is 3.27. The zero-order chi connectivity index (χ0) is 20.4. The van der Waals surface area contributed by atoms with Crippen molar-refractivity contribution in [2.24, 2.45) is 0 Å². The van der Waals surface area contributed by atoms with Gasteiger partial charge in [0.2, 0.25) is 5.91 Å². The molecule has 1 aromatic rings. The summed E-state index contributed by atoms with van der Waals surface area (Å²) in [6.45, 7) is 9.49. The van der Waals surface area contributed by atoms with E-state index in [1.165, 1.54) is 44.3 Å². The maximum atomic E-state index is 12.0. The number of hydrogen-bond donors (Lipinski definition) is 2. The highest BCUT2D eigenvalue weighted by Crippen LogP contribution is 2.14. The Morgan fingerprint density at radius 1 is 1.04 bits per heavy atom. The number of alkyl carbamates (subject to hydrolysis) is 1. The van der Waals surface area contributed by atoms with E-state index in [4.69, 9.17) is 4.74 Å². The Bertz CT molecular complexity index is 632. The highest BCUT2D eigenvalue weighted by molar-refractivity contribution is 5.77. The third-order valence-corrected chi connectivity index (χ3v) is 4.61. The van der Waals surface area contributed by atoms with E-state index in [0.717, 1.165) is 12.1 Å². The Morgan fingerprint density at radius 2 is 1.71 bits per heavy atom. The summed E-state index contributed by atoms with van der Waals surface area (Å²) in [5.74, 6) is -0.0889. The summed E-state index contributed by atoms with van der Waals surface area (Å²) < 4.78 is 5.15. The summed E-state index contributed by atoms with van der Waals surface area (Å²) in [7, 11) is 0. The van der Waals surface area contributed by atoms with Crippen LogP contribution in [0, 0.1) is 0 Å². The zero-order valence-electron chi connectivity index (χ0n) is 17.6. The molecule has 0 spiro atoms. The van der Waals surface area contributed by atoms with Crippen molar-refractivity contribution in [1.29, 1.82) is 0 Å². The lowest BCUT2D eigenvalue weighted by Crippen LogP contribution is -2.35. The SMILES string of the molecule is CC(C)(C)OC(=O)NCCC(=O)NCc1cccc(CN2CCCCCC2)c1. The van der Waals surface area contributed by atoms with Crippen LogP contribution in [-0.4, -0.2) is 42.1 Å². The van der Waals surface area contributed by atoms with E-state index in [9.17, 15) is 9.59 Å². The van der Waals surface area contributed by atoms with Gasteiger partial charge in [0.1, 0.15) is 5.60 Å². The second-order valence-corrected chi connectivity index (χ2v) is 8.47. The van der Waals surface area contributed by atoms with Crippen LogP contribution < -0.4 is 10.6 Å². The summed E-state index contributed by atoms with van der Waals surface area (Å²) in [6.07, 6.45) is 4.98. The minimum Gasteiger partial charge on any atom is -0.444 e. The Morgan fingerprint density at radius 3 is 2.39 bits per heavy atom. The Kier molecular flexibility index (Phi) is 8.77. The van der Waals surface area contributed by atoms with Crippen molar-refractivity contribution < 1.29 is 14.3 Å². The molecule has 2 N–H and O–H groups in total. The number of carbonyl (C=O) groups is 2. The predicted molar refractivity (Wildman–Crippen MR) is 111 cm³/mol. The molecule has 0 atom stereocenters. The summed E-state index contributed by atoms with van der Waals surface area (Å²) >= 11 is 0. The quantitative estimate of drug-likeness (QED) is 0.748. The molecule has 1 aromatic carbocycles. The maximum Gasteiger partial charge on any atom is 0.407 e. The molecule has 0 bridgehead atoms. The molecule has 1 aliphatic rings. The van der Waals surface area contributed by atoms with Crippen LogP contribution in [-0.2, 0) is 22.6 Å². The molecule has 0 aliphatic carbocycles. The predicted octanol–water partition coefficient (Wildman–Crippen LogP) is 3.59. The number of rotatable bonds is 7. The van der Waals surface area contributed by atoms with Gasteiger partial charge >= 0.3 is 6.09 Å². The molecule has 0 radical (unpaired) electrons. The van der Waals surface area contributed by atoms with E-state index >= 15 is 0 Å². The molecule has 2 amide bonds. The second-order valence-electron chi connectivity index (χ2n) is 8.47. The molecule has 0 saturated carbocycles. The van der Waals surface area contributed by atoms with Crippen LogP contribution in [0.2, 0.25) is 0 Å². The highest BCUT2D eigenvalue weighted by Gasteiger charge is 2.16. The fraction of sp³-hybridized carbons (Fsp3) is 0.636. The van der Waals surface area contributed by atoms with Gasteiger partial charge in [-0.05, 0) is 57.8 Å². The van der Waals surface area contributed by atoms with Gasteiger partial charge in [-0.1, -0.05) is 37.1 Å². The molecule has 0 aromatic heterocycles. The number of ether oxygens (including phenoxy) is 1. The highest BCUT2D eigenvalue weighted by atomic mass is 16.6. The van der Waals surface area contributed by atoms with Crippen molar-refractivity contribution in [1.82, 2.24) is 15.5 Å². The number of nitrogens with zero attached hydrogens (tertiary/aromatic N) is 1. The molecular weight excluding hydrogens is 354 g/mol. The number of benzene rings is 1. The van der Waals surface area contributed by atoms with Gasteiger partial charge in [0.05, 0.1) is 0 Å². The lowest BCUT2D eigenvalue weighted by molar-refractivity contribution is -0.121. The molecule has 1 aliphatic heterocycles. The van der Waals surface area contributed by atoms with Crippen LogP contribution in [0.25, 0.3) is 0 Å². The first kappa shape index (κ1) is 22.2. The number of nitrogens with one attached hydrogen (secondary N) is 2. The van der Waals surface area contributed by atoms with Crippen LogP contribution in [0.5, 0.6) is 0 Å². The maximum absolute atomic E-state index is 12.0. The van der Waals surface area contributed by atoms with E-state index < -0.39 is 11.7 Å². The molecule has 156 valence electrons. The third-order valence-electron chi connectivity index (χ3n) is 4.61. The van der Waals surface area contributed by atoms with Gasteiger partial charge in [0.15, 0.2) is 0 Å². The largest absolute Gasteiger partial charge is 0.444 e. The molecule has 6 nitrogen and oxygen atoms in total. The van der Waals surface area contributed by atoms with Gasteiger partial charge in [0.25, 0.3) is 0 Å². The van der Waals surface area contributed by atoms with Crippen LogP contribution in [0.4, 0.5) is 4.79 Å². The summed E-state index contributed by atoms with van der Waals surface area (Å²) in [6, 6.07) is 8.41. The fourth-order valence-corrected chi connectivity index (χ4v) is 3.27. The third kappa shape index (κ3) is 9.22. The summed E-state index contributed by atoms with van der Waals surface area (Å²) in [5, 5.41) is 5.52. The standard InChI is InChI=1S/C22H35N3O3/c1-22(2,3)28-21(27)23-12-11-20(26)24-16-18-9-8-10-19(15-18)17-25-13-6-4-5-7-14-25/h8-10,15H,4-7,11-14,16-17H2,1-3H3,(H,23,27)(H,24,26). The number of likely N-dealkylation sites (tertiary alicyclic amines) is 1. The van der Waals surface area contributed by atoms with Gasteiger partial charge in [-0.2, -0.15) is 0 Å². The van der Waals surface area contributed by atoms with E-state index in [-0.39, 0.29) is 18.9 Å². The van der Waals surface area contributed by atoms with Gasteiger partial charge in [-0.15, -0.1) is 0 Å². The van der Waals surface area contributed by atoms with Crippen molar-refractivity contribution in [2.45, 2.75) is 71.6 Å². The smallest absolute Gasteiger partial charge is 0.407 e. The average molecular weight is 390 g/mol. The van der Waals surface area contributed by atoms with E-state index in [1.807, 2.05) is 6.07 Å². The molecule has 1 fully saturated rings. The first-order valence-corrected chi connectivity index (χ1v) is 10.4. The van der Waals surface area contributed by atoms with Gasteiger partial charge in [-0.3, -0.25) is 9.69 Å². The van der Waals surface area contributed by atoms with Crippen molar-refractivity contribution >= 4 is 12.0 Å². The molecule has 1 heterocycles. The first-order chi connectivity index (χ1) is 13.3. The van der Waals surface area contributed by atoms with Crippen molar-refractivity contribution in [3.8, 4) is 0 Å². The Hall–Kier alpha value is -2.08. The second kappa shape index (κ2) is 11.1. The van der Waals surface area contributed by atoms with E-state index in [1.54, 1.807) is 20.8 Å². The van der Waals surface area contributed by atoms with Crippen LogP contribution in [0.1, 0.15) is 64.0 Å². The summed E-state index contributed by atoms with van der Waals surface area (Å²) in [5.41, 5.74) is 1.85. The van der Waals surface area contributed by atoms with Crippen molar-refractivity contribution in [3.05, 3.63) is 35.4 Å². The molecule has 28 heavy (non-hydrogen) atoms. The minimum atomic E-state index is -0.537. The molecule has 0 unspecified atom stereocenters.